The van der Waals surface area contributed by atoms with E-state index >= 15 is 0 Å². The summed E-state index contributed by atoms with van der Waals surface area (Å²) in [5.41, 5.74) is 0. The van der Waals surface area contributed by atoms with Crippen LogP contribution in [0, 0.1) is 11.8 Å². The summed E-state index contributed by atoms with van der Waals surface area (Å²) >= 11 is 7.69. The van der Waals surface area contributed by atoms with Crippen molar-refractivity contribution < 1.29 is 9.90 Å². The number of rotatable bonds is 2. The third-order valence-corrected chi connectivity index (χ3v) is 4.90. The fraction of sp³-hybridized carbons (Fsp3) is 0.583. The van der Waals surface area contributed by atoms with E-state index in [1.807, 2.05) is 11.4 Å². The molecule has 1 aliphatic carbocycles. The van der Waals surface area contributed by atoms with Gasteiger partial charge in [0.05, 0.1) is 10.9 Å². The molecule has 16 heavy (non-hydrogen) atoms. The van der Waals surface area contributed by atoms with Gasteiger partial charge in [0, 0.05) is 10.8 Å². The number of halogens is 1. The van der Waals surface area contributed by atoms with Crippen molar-refractivity contribution in [2.24, 2.45) is 11.8 Å². The average Bonchev–Trinajstić information content (AvgIpc) is 2.63. The van der Waals surface area contributed by atoms with Gasteiger partial charge in [-0.1, -0.05) is 18.5 Å². The van der Waals surface area contributed by atoms with Crippen LogP contribution in [-0.2, 0) is 4.79 Å². The quantitative estimate of drug-likeness (QED) is 0.870. The van der Waals surface area contributed by atoms with Crippen molar-refractivity contribution in [1.82, 2.24) is 0 Å². The molecule has 1 aromatic heterocycles. The first-order chi connectivity index (χ1) is 7.59. The fourth-order valence-corrected chi connectivity index (χ4v) is 3.91. The molecule has 0 aromatic carbocycles. The largest absolute Gasteiger partial charge is 0.481 e. The lowest BCUT2D eigenvalue weighted by Gasteiger charge is -2.32. The van der Waals surface area contributed by atoms with Crippen LogP contribution >= 0.6 is 22.9 Å². The van der Waals surface area contributed by atoms with Crippen LogP contribution in [-0.4, -0.2) is 11.1 Å². The van der Waals surface area contributed by atoms with Crippen molar-refractivity contribution in [3.63, 3.8) is 0 Å². The molecule has 88 valence electrons. The predicted molar refractivity (Wildman–Crippen MR) is 66.2 cm³/mol. The van der Waals surface area contributed by atoms with Gasteiger partial charge in [-0.3, -0.25) is 4.79 Å². The van der Waals surface area contributed by atoms with Gasteiger partial charge < -0.3 is 5.11 Å². The molecule has 0 saturated heterocycles. The van der Waals surface area contributed by atoms with Gasteiger partial charge in [0.1, 0.15) is 0 Å². The van der Waals surface area contributed by atoms with Gasteiger partial charge in [-0.05, 0) is 36.6 Å². The molecule has 1 heterocycles. The average molecular weight is 259 g/mol. The molecule has 0 bridgehead atoms. The minimum Gasteiger partial charge on any atom is -0.481 e. The number of thiophene rings is 1. The summed E-state index contributed by atoms with van der Waals surface area (Å²) in [5.74, 6) is -0.235. The van der Waals surface area contributed by atoms with Crippen LogP contribution < -0.4 is 0 Å². The van der Waals surface area contributed by atoms with Crippen LogP contribution in [0.15, 0.2) is 11.4 Å². The monoisotopic (exact) mass is 258 g/mol. The summed E-state index contributed by atoms with van der Waals surface area (Å²) in [5, 5.41) is 11.9. The number of carbonyl (C=O) groups is 1. The number of carboxylic acids is 1. The Hall–Kier alpha value is -0.540. The maximum Gasteiger partial charge on any atom is 0.307 e. The van der Waals surface area contributed by atoms with E-state index in [1.165, 1.54) is 0 Å². The van der Waals surface area contributed by atoms with Crippen molar-refractivity contribution in [2.45, 2.75) is 32.1 Å². The number of hydrogen-bond donors (Lipinski definition) is 1. The SMILES string of the molecule is CC1CCC(C(=O)O)C(c2sccc2Cl)C1. The smallest absolute Gasteiger partial charge is 0.307 e. The summed E-state index contributed by atoms with van der Waals surface area (Å²) in [6.45, 7) is 2.19. The molecule has 0 amide bonds. The Morgan fingerprint density at radius 2 is 2.31 bits per heavy atom. The van der Waals surface area contributed by atoms with E-state index in [4.69, 9.17) is 11.6 Å². The van der Waals surface area contributed by atoms with Crippen molar-refractivity contribution in [1.29, 1.82) is 0 Å². The molecule has 1 fully saturated rings. The predicted octanol–water partition coefficient (Wildman–Crippen LogP) is 4.01. The third-order valence-electron chi connectivity index (χ3n) is 3.41. The molecule has 0 radical (unpaired) electrons. The van der Waals surface area contributed by atoms with Gasteiger partial charge in [-0.15, -0.1) is 11.3 Å². The number of hydrogen-bond acceptors (Lipinski definition) is 2. The first-order valence-corrected chi connectivity index (χ1v) is 6.81. The lowest BCUT2D eigenvalue weighted by Crippen LogP contribution is -2.28. The second kappa shape index (κ2) is 4.76. The Morgan fingerprint density at radius 1 is 1.56 bits per heavy atom. The molecule has 1 N–H and O–H groups in total. The zero-order valence-electron chi connectivity index (χ0n) is 9.15. The zero-order valence-corrected chi connectivity index (χ0v) is 10.7. The molecule has 2 nitrogen and oxygen atoms in total. The topological polar surface area (TPSA) is 37.3 Å². The summed E-state index contributed by atoms with van der Waals surface area (Å²) < 4.78 is 0. The molecule has 4 heteroatoms. The maximum atomic E-state index is 11.2. The van der Waals surface area contributed by atoms with Crippen LogP contribution in [0.25, 0.3) is 0 Å². The van der Waals surface area contributed by atoms with E-state index in [9.17, 15) is 9.90 Å². The van der Waals surface area contributed by atoms with Crippen molar-refractivity contribution in [2.75, 3.05) is 0 Å². The zero-order chi connectivity index (χ0) is 11.7. The van der Waals surface area contributed by atoms with E-state index in [0.29, 0.717) is 5.92 Å². The number of carboxylic acid groups (broad SMARTS) is 1. The van der Waals surface area contributed by atoms with Crippen molar-refractivity contribution in [3.8, 4) is 0 Å². The molecule has 0 spiro atoms. The third kappa shape index (κ3) is 2.25. The van der Waals surface area contributed by atoms with E-state index in [1.54, 1.807) is 11.3 Å². The van der Waals surface area contributed by atoms with Crippen LogP contribution in [0.5, 0.6) is 0 Å². The second-order valence-corrected chi connectivity index (χ2v) is 5.96. The molecular formula is C12H15ClO2S. The number of aliphatic carboxylic acids is 1. The minimum absolute atomic E-state index is 0.105. The Morgan fingerprint density at radius 3 is 2.88 bits per heavy atom. The highest BCUT2D eigenvalue weighted by molar-refractivity contribution is 7.10. The molecule has 1 saturated carbocycles. The van der Waals surface area contributed by atoms with Gasteiger partial charge in [0.2, 0.25) is 0 Å². The molecule has 2 rings (SSSR count). The summed E-state index contributed by atoms with van der Waals surface area (Å²) in [6.07, 6.45) is 2.73. The Bertz CT molecular complexity index is 388. The van der Waals surface area contributed by atoms with Crippen LogP contribution in [0.2, 0.25) is 5.02 Å². The van der Waals surface area contributed by atoms with E-state index < -0.39 is 5.97 Å². The highest BCUT2D eigenvalue weighted by Gasteiger charge is 2.36. The Labute approximate surface area is 104 Å². The lowest BCUT2D eigenvalue weighted by atomic mass is 9.74. The first-order valence-electron chi connectivity index (χ1n) is 5.55. The molecule has 0 aliphatic heterocycles. The molecule has 3 unspecified atom stereocenters. The second-order valence-electron chi connectivity index (χ2n) is 4.60. The van der Waals surface area contributed by atoms with E-state index in [2.05, 4.69) is 6.92 Å². The van der Waals surface area contributed by atoms with Crippen molar-refractivity contribution >= 4 is 28.9 Å². The summed E-state index contributed by atoms with van der Waals surface area (Å²) in [7, 11) is 0. The highest BCUT2D eigenvalue weighted by atomic mass is 35.5. The Kier molecular flexibility index (Phi) is 3.55. The minimum atomic E-state index is -0.679. The van der Waals surface area contributed by atoms with Gasteiger partial charge in [-0.25, -0.2) is 0 Å². The van der Waals surface area contributed by atoms with Gasteiger partial charge in [-0.2, -0.15) is 0 Å². The van der Waals surface area contributed by atoms with Crippen LogP contribution in [0.4, 0.5) is 0 Å². The first kappa shape index (κ1) is 11.9. The van der Waals surface area contributed by atoms with Crippen LogP contribution in [0.1, 0.15) is 37.0 Å². The van der Waals surface area contributed by atoms with E-state index in [0.717, 1.165) is 29.2 Å². The summed E-state index contributed by atoms with van der Waals surface area (Å²) in [6, 6.07) is 1.86. The maximum absolute atomic E-state index is 11.2. The molecule has 3 atom stereocenters. The molecular weight excluding hydrogens is 244 g/mol. The lowest BCUT2D eigenvalue weighted by molar-refractivity contribution is -0.143. The van der Waals surface area contributed by atoms with E-state index in [-0.39, 0.29) is 11.8 Å². The Balaban J connectivity index is 2.27. The van der Waals surface area contributed by atoms with Crippen molar-refractivity contribution in [3.05, 3.63) is 21.3 Å². The highest BCUT2D eigenvalue weighted by Crippen LogP contribution is 2.44. The van der Waals surface area contributed by atoms with Gasteiger partial charge >= 0.3 is 5.97 Å². The van der Waals surface area contributed by atoms with Gasteiger partial charge in [0.25, 0.3) is 0 Å². The van der Waals surface area contributed by atoms with Crippen LogP contribution in [0.3, 0.4) is 0 Å². The normalized spacial score (nSPS) is 30.2. The molecule has 1 aromatic rings. The molecule has 1 aliphatic rings. The van der Waals surface area contributed by atoms with Gasteiger partial charge in [0.15, 0.2) is 0 Å². The fourth-order valence-electron chi connectivity index (χ4n) is 2.54. The summed E-state index contributed by atoms with van der Waals surface area (Å²) in [4.78, 5) is 12.3. The standard InChI is InChI=1S/C12H15ClO2S/c1-7-2-3-8(12(14)15)9(6-7)11-10(13)4-5-16-11/h4-5,7-9H,2-3,6H2,1H3,(H,14,15).